The van der Waals surface area contributed by atoms with Crippen LogP contribution >= 0.6 is 23.3 Å². The van der Waals surface area contributed by atoms with Gasteiger partial charge in [-0.2, -0.15) is 9.36 Å². The molecule has 3 aromatic rings. The molecule has 0 aromatic carbocycles. The van der Waals surface area contributed by atoms with Gasteiger partial charge in [0.25, 0.3) is 11.8 Å². The molecule has 1 saturated heterocycles. The smallest absolute Gasteiger partial charge is 0.278 e. The first-order valence-corrected chi connectivity index (χ1v) is 12.0. The Labute approximate surface area is 205 Å². The largest absolute Gasteiger partial charge is 0.543 e. The number of furan rings is 1. The van der Waals surface area contributed by atoms with Gasteiger partial charge < -0.3 is 30.2 Å². The summed E-state index contributed by atoms with van der Waals surface area (Å²) in [6.45, 7) is 0.243. The number of thioether (sulfide) groups is 1. The third-order valence-electron chi connectivity index (χ3n) is 5.40. The topological polar surface area (TPSA) is 180 Å². The Morgan fingerprint density at radius 1 is 1.46 bits per heavy atom. The summed E-state index contributed by atoms with van der Waals surface area (Å²) in [4.78, 5) is 47.5. The summed E-state index contributed by atoms with van der Waals surface area (Å²) in [5.41, 5.74) is 6.35. The van der Waals surface area contributed by atoms with E-state index in [-0.39, 0.29) is 28.9 Å². The number of aliphatic carboxylic acids is 1. The minimum Gasteiger partial charge on any atom is -0.543 e. The number of carboxylic acid groups (broad SMARTS) is 1. The maximum Gasteiger partial charge on any atom is 0.278 e. The van der Waals surface area contributed by atoms with Crippen LogP contribution in [0.15, 0.2) is 51.6 Å². The number of aromatic nitrogens is 3. The molecule has 5 rings (SSSR count). The number of hydrogen-bond donors (Lipinski definition) is 2. The van der Waals surface area contributed by atoms with E-state index in [0.29, 0.717) is 16.9 Å². The summed E-state index contributed by atoms with van der Waals surface area (Å²) in [5.74, 6) is -2.51. The number of nitrogens with one attached hydrogen (secondary N) is 1. The van der Waals surface area contributed by atoms with Crippen molar-refractivity contribution in [3.8, 4) is 0 Å². The molecule has 3 aromatic heterocycles. The number of nitrogens with two attached hydrogens (primary N) is 1. The Balaban J connectivity index is 1.36. The monoisotopic (exact) mass is 515 g/mol. The lowest BCUT2D eigenvalue weighted by atomic mass is 10.0. The molecule has 0 aliphatic carbocycles. The van der Waals surface area contributed by atoms with Crippen molar-refractivity contribution in [3.05, 3.63) is 47.9 Å². The van der Waals surface area contributed by atoms with Gasteiger partial charge in [0.05, 0.1) is 23.3 Å². The van der Waals surface area contributed by atoms with Crippen LogP contribution in [-0.4, -0.2) is 62.0 Å². The number of nitrogens with zero attached hydrogens (tertiary/aromatic N) is 5. The van der Waals surface area contributed by atoms with E-state index in [1.807, 2.05) is 6.20 Å². The van der Waals surface area contributed by atoms with E-state index >= 15 is 0 Å². The highest BCUT2D eigenvalue weighted by atomic mass is 32.2. The van der Waals surface area contributed by atoms with Crippen molar-refractivity contribution in [1.82, 2.24) is 19.6 Å². The number of carbonyl (C=O) groups excluding carboxylic acids is 3. The first kappa shape index (κ1) is 22.8. The van der Waals surface area contributed by atoms with Crippen molar-refractivity contribution in [1.29, 1.82) is 0 Å². The second kappa shape index (κ2) is 8.99. The normalized spacial score (nSPS) is 20.0. The number of β-lactam (4-membered cyclic amide) rings is 1. The van der Waals surface area contributed by atoms with Gasteiger partial charge in [0.1, 0.15) is 24.1 Å². The summed E-state index contributed by atoms with van der Waals surface area (Å²) in [5, 5.41) is 18.6. The molecule has 35 heavy (non-hydrogen) atoms. The Kier molecular flexibility index (Phi) is 5.86. The minimum atomic E-state index is -1.46. The van der Waals surface area contributed by atoms with Gasteiger partial charge in [0, 0.05) is 28.9 Å². The zero-order valence-electron chi connectivity index (χ0n) is 18.0. The number of carbonyl (C=O) groups is 3. The predicted octanol–water partition coefficient (Wildman–Crippen LogP) is -1.39. The van der Waals surface area contributed by atoms with E-state index in [4.69, 9.17) is 15.0 Å². The predicted molar refractivity (Wildman–Crippen MR) is 121 cm³/mol. The summed E-state index contributed by atoms with van der Waals surface area (Å²) in [7, 11) is 1.25. The number of hydrogen-bond acceptors (Lipinski definition) is 12. The lowest BCUT2D eigenvalue weighted by molar-refractivity contribution is -0.687. The minimum absolute atomic E-state index is 0.0454. The third kappa shape index (κ3) is 4.08. The molecular weight excluding hydrogens is 498 g/mol. The fourth-order valence-electron chi connectivity index (χ4n) is 3.89. The van der Waals surface area contributed by atoms with Crippen molar-refractivity contribution in [2.75, 3.05) is 18.6 Å². The second-order valence-electron chi connectivity index (χ2n) is 7.54. The molecule has 2 aliphatic heterocycles. The molecule has 180 valence electrons. The molecule has 13 nitrogen and oxygen atoms in total. The fourth-order valence-corrected chi connectivity index (χ4v) is 5.66. The first-order valence-electron chi connectivity index (χ1n) is 10.1. The van der Waals surface area contributed by atoms with Gasteiger partial charge in [-0.3, -0.25) is 14.5 Å². The Hall–Kier alpha value is -3.98. The van der Waals surface area contributed by atoms with E-state index in [9.17, 15) is 19.5 Å². The molecule has 1 unspecified atom stereocenters. The van der Waals surface area contributed by atoms with Crippen LogP contribution in [0.3, 0.4) is 0 Å². The lowest BCUT2D eigenvalue weighted by Gasteiger charge is -2.50. The second-order valence-corrected chi connectivity index (χ2v) is 9.43. The van der Waals surface area contributed by atoms with Crippen LogP contribution in [0, 0.1) is 0 Å². The van der Waals surface area contributed by atoms with Crippen molar-refractivity contribution in [3.63, 3.8) is 0 Å². The van der Waals surface area contributed by atoms with Gasteiger partial charge in [-0.15, -0.1) is 11.8 Å². The summed E-state index contributed by atoms with van der Waals surface area (Å²) >= 11 is 2.21. The van der Waals surface area contributed by atoms with Gasteiger partial charge >= 0.3 is 0 Å². The average Bonchev–Trinajstić information content (AvgIpc) is 3.48. The summed E-state index contributed by atoms with van der Waals surface area (Å²) < 4.78 is 11.1. The number of anilines is 1. The summed E-state index contributed by atoms with van der Waals surface area (Å²) in [6, 6.07) is 2.60. The van der Waals surface area contributed by atoms with E-state index < -0.39 is 29.2 Å². The molecule has 3 N–H and O–H groups in total. The van der Waals surface area contributed by atoms with Gasteiger partial charge in [0.2, 0.25) is 11.5 Å². The van der Waals surface area contributed by atoms with Gasteiger partial charge in [0.15, 0.2) is 24.1 Å². The highest BCUT2D eigenvalue weighted by Crippen LogP contribution is 2.40. The maximum atomic E-state index is 12.9. The van der Waals surface area contributed by atoms with E-state index in [0.717, 1.165) is 21.8 Å². The van der Waals surface area contributed by atoms with Crippen molar-refractivity contribution in [2.24, 2.45) is 5.16 Å². The SMILES string of the molecule is CON=C(C(=O)NC1C(=O)N2C(C(=O)[O-])=C(C[n+]3ccc4occc4c3)CS[C@@H]12)c1nsc(N)n1. The number of amides is 2. The molecule has 2 amide bonds. The Morgan fingerprint density at radius 3 is 3.00 bits per heavy atom. The highest BCUT2D eigenvalue weighted by Gasteiger charge is 2.53. The lowest BCUT2D eigenvalue weighted by Crippen LogP contribution is -2.71. The third-order valence-corrected chi connectivity index (χ3v) is 7.28. The zero-order chi connectivity index (χ0) is 24.7. The van der Waals surface area contributed by atoms with Crippen LogP contribution in [0.2, 0.25) is 0 Å². The van der Waals surface area contributed by atoms with Crippen LogP contribution in [0.25, 0.3) is 11.0 Å². The molecule has 2 atom stereocenters. The molecule has 0 bridgehead atoms. The molecule has 5 heterocycles. The van der Waals surface area contributed by atoms with Crippen LogP contribution in [-0.2, 0) is 25.8 Å². The standard InChI is InChI=1S/C20H17N7O6S2/c1-32-24-12(15-23-20(21)35-25-15)16(28)22-13-17(29)27-14(19(30)31)10(8-34-18(13)27)7-26-4-2-11-9(6-26)3-5-33-11/h2-6,13,18H,7-8H2,1H3,(H3-,21,22,23,25,28,30,31)/t13?,18-/m0/s1. The van der Waals surface area contributed by atoms with Crippen molar-refractivity contribution < 1.29 is 33.3 Å². The van der Waals surface area contributed by atoms with Crippen LogP contribution in [0.4, 0.5) is 5.13 Å². The molecule has 0 radical (unpaired) electrons. The number of oxime groups is 1. The van der Waals surface area contributed by atoms with E-state index in [1.54, 1.807) is 29.2 Å². The van der Waals surface area contributed by atoms with Gasteiger partial charge in [-0.05, 0) is 6.07 Å². The molecule has 0 saturated carbocycles. The molecule has 0 spiro atoms. The number of pyridine rings is 1. The highest BCUT2D eigenvalue weighted by molar-refractivity contribution is 8.00. The average molecular weight is 516 g/mol. The Bertz CT molecular complexity index is 1410. The van der Waals surface area contributed by atoms with Crippen molar-refractivity contribution in [2.45, 2.75) is 18.0 Å². The zero-order valence-corrected chi connectivity index (χ0v) is 19.7. The van der Waals surface area contributed by atoms with E-state index in [1.165, 1.54) is 18.9 Å². The van der Waals surface area contributed by atoms with Crippen LogP contribution in [0.1, 0.15) is 5.82 Å². The maximum absolute atomic E-state index is 12.9. The first-order chi connectivity index (χ1) is 16.9. The quantitative estimate of drug-likeness (QED) is 0.165. The molecule has 15 heteroatoms. The van der Waals surface area contributed by atoms with Crippen LogP contribution in [0.5, 0.6) is 0 Å². The fraction of sp³-hybridized carbons (Fsp3) is 0.250. The van der Waals surface area contributed by atoms with Crippen LogP contribution < -0.4 is 20.7 Å². The number of carboxylic acids is 1. The van der Waals surface area contributed by atoms with Gasteiger partial charge in [-0.25, -0.2) is 4.57 Å². The Morgan fingerprint density at radius 2 is 2.29 bits per heavy atom. The molecule has 2 aliphatic rings. The van der Waals surface area contributed by atoms with E-state index in [2.05, 4.69) is 19.8 Å². The van der Waals surface area contributed by atoms with Gasteiger partial charge in [-0.1, -0.05) is 5.16 Å². The number of nitrogen functional groups attached to an aromatic ring is 1. The summed E-state index contributed by atoms with van der Waals surface area (Å²) in [6.07, 6.45) is 5.16. The molecule has 1 fully saturated rings. The number of rotatable bonds is 7. The number of fused-ring (bicyclic) bond motifs is 2. The van der Waals surface area contributed by atoms with Crippen molar-refractivity contribution >= 4 is 62.9 Å². The molecular formula is C20H17N7O6S2.